The van der Waals surface area contributed by atoms with E-state index in [4.69, 9.17) is 4.74 Å². The SMILES string of the molecule is CC1=C(C(=O)OC2CCCC2)[C@@H](c2ccccc2F)C2=C(C[C@H](c3ccc(N(C)C)cc3)CC2=O)N1. The predicted octanol–water partition coefficient (Wildman–Crippen LogP) is 5.74. The lowest BCUT2D eigenvalue weighted by atomic mass is 9.71. The van der Waals surface area contributed by atoms with Gasteiger partial charge in [-0.2, -0.15) is 0 Å². The van der Waals surface area contributed by atoms with Gasteiger partial charge in [-0.25, -0.2) is 9.18 Å². The molecule has 2 aromatic carbocycles. The minimum atomic E-state index is -0.777. The number of rotatable bonds is 5. The van der Waals surface area contributed by atoms with E-state index in [2.05, 4.69) is 29.6 Å². The molecule has 2 aromatic rings. The molecule has 6 heteroatoms. The molecule has 0 radical (unpaired) electrons. The maximum Gasteiger partial charge on any atom is 0.337 e. The first kappa shape index (κ1) is 24.3. The van der Waals surface area contributed by atoms with Crippen molar-refractivity contribution >= 4 is 17.4 Å². The largest absolute Gasteiger partial charge is 0.459 e. The monoisotopic (exact) mass is 488 g/mol. The second-order valence-corrected chi connectivity index (χ2v) is 10.3. The standard InChI is InChI=1S/C30H33FN2O3/c1-18-27(30(35)36-22-8-4-5-9-22)28(23-10-6-7-11-24(23)31)29-25(32-18)16-20(17-26(29)34)19-12-14-21(15-13-19)33(2)3/h6-7,10-15,20,22,28,32H,4-5,8-9,16-17H2,1-3H3/t20-,28+/m0/s1. The van der Waals surface area contributed by atoms with Crippen molar-refractivity contribution in [2.24, 2.45) is 0 Å². The van der Waals surface area contributed by atoms with E-state index >= 15 is 4.39 Å². The highest BCUT2D eigenvalue weighted by atomic mass is 19.1. The Morgan fingerprint density at radius 1 is 1.03 bits per heavy atom. The minimum Gasteiger partial charge on any atom is -0.459 e. The molecule has 1 N–H and O–H groups in total. The van der Waals surface area contributed by atoms with Crippen LogP contribution < -0.4 is 10.2 Å². The first-order valence-electron chi connectivity index (χ1n) is 12.8. The summed E-state index contributed by atoms with van der Waals surface area (Å²) in [6, 6.07) is 14.7. The Bertz CT molecular complexity index is 1240. The molecule has 0 amide bonds. The topological polar surface area (TPSA) is 58.6 Å². The highest BCUT2D eigenvalue weighted by molar-refractivity contribution is 6.04. The van der Waals surface area contributed by atoms with Crippen molar-refractivity contribution in [3.8, 4) is 0 Å². The number of nitrogens with one attached hydrogen (secondary N) is 1. The Hall–Kier alpha value is -3.41. The van der Waals surface area contributed by atoms with Gasteiger partial charge in [0.05, 0.1) is 11.5 Å². The summed E-state index contributed by atoms with van der Waals surface area (Å²) in [5.74, 6) is -1.70. The van der Waals surface area contributed by atoms with Crippen LogP contribution in [0.2, 0.25) is 0 Å². The number of carbonyl (C=O) groups is 2. The van der Waals surface area contributed by atoms with E-state index in [-0.39, 0.29) is 17.8 Å². The normalized spacial score (nSPS) is 22.4. The summed E-state index contributed by atoms with van der Waals surface area (Å²) in [6.45, 7) is 1.82. The van der Waals surface area contributed by atoms with Gasteiger partial charge < -0.3 is 15.0 Å². The number of nitrogens with zero attached hydrogens (tertiary/aromatic N) is 1. The Kier molecular flexibility index (Phi) is 6.69. The smallest absolute Gasteiger partial charge is 0.337 e. The summed E-state index contributed by atoms with van der Waals surface area (Å²) < 4.78 is 21.0. The van der Waals surface area contributed by atoms with Crippen LogP contribution in [0, 0.1) is 5.82 Å². The van der Waals surface area contributed by atoms with Crippen LogP contribution in [-0.4, -0.2) is 32.0 Å². The number of carbonyl (C=O) groups excluding carboxylic acids is 2. The summed E-state index contributed by atoms with van der Waals surface area (Å²) in [5.41, 5.74) is 4.76. The van der Waals surface area contributed by atoms with Crippen molar-refractivity contribution in [2.75, 3.05) is 19.0 Å². The molecule has 5 rings (SSSR count). The fourth-order valence-electron chi connectivity index (χ4n) is 5.83. The maximum atomic E-state index is 15.1. The summed E-state index contributed by atoms with van der Waals surface area (Å²) >= 11 is 0. The number of allylic oxidation sites excluding steroid dienone is 3. The van der Waals surface area contributed by atoms with Crippen LogP contribution in [0.3, 0.4) is 0 Å². The molecule has 0 aromatic heterocycles. The predicted molar refractivity (Wildman–Crippen MR) is 138 cm³/mol. The Labute approximate surface area is 212 Å². The second kappa shape index (κ2) is 9.92. The van der Waals surface area contributed by atoms with E-state index in [0.29, 0.717) is 35.2 Å². The number of dihydropyridines is 1. The average molecular weight is 489 g/mol. The van der Waals surface area contributed by atoms with Crippen molar-refractivity contribution in [2.45, 2.75) is 63.4 Å². The van der Waals surface area contributed by atoms with Gasteiger partial charge in [0, 0.05) is 48.7 Å². The van der Waals surface area contributed by atoms with E-state index in [1.807, 2.05) is 25.9 Å². The zero-order valence-corrected chi connectivity index (χ0v) is 21.1. The molecule has 1 heterocycles. The molecular weight excluding hydrogens is 455 g/mol. The first-order chi connectivity index (χ1) is 17.3. The summed E-state index contributed by atoms with van der Waals surface area (Å²) in [7, 11) is 3.99. The fourth-order valence-corrected chi connectivity index (χ4v) is 5.83. The zero-order chi connectivity index (χ0) is 25.4. The number of ketones is 1. The van der Waals surface area contributed by atoms with Gasteiger partial charge in [0.2, 0.25) is 0 Å². The summed E-state index contributed by atoms with van der Waals surface area (Å²) in [5, 5.41) is 3.36. The summed E-state index contributed by atoms with van der Waals surface area (Å²) in [4.78, 5) is 29.2. The zero-order valence-electron chi connectivity index (χ0n) is 21.1. The van der Waals surface area contributed by atoms with Gasteiger partial charge in [0.1, 0.15) is 11.9 Å². The van der Waals surface area contributed by atoms with Crippen LogP contribution in [0.1, 0.15) is 68.4 Å². The van der Waals surface area contributed by atoms with E-state index in [1.54, 1.807) is 18.2 Å². The van der Waals surface area contributed by atoms with Crippen LogP contribution >= 0.6 is 0 Å². The molecule has 1 saturated carbocycles. The quantitative estimate of drug-likeness (QED) is 0.544. The van der Waals surface area contributed by atoms with Crippen molar-refractivity contribution in [3.63, 3.8) is 0 Å². The van der Waals surface area contributed by atoms with E-state index in [1.165, 1.54) is 6.07 Å². The number of hydrogen-bond donors (Lipinski definition) is 1. The minimum absolute atomic E-state index is 0.0148. The Balaban J connectivity index is 1.52. The third-order valence-electron chi connectivity index (χ3n) is 7.72. The molecule has 3 aliphatic rings. The van der Waals surface area contributed by atoms with Gasteiger partial charge in [-0.05, 0) is 68.7 Å². The number of hydrogen-bond acceptors (Lipinski definition) is 5. The van der Waals surface area contributed by atoms with Crippen LogP contribution in [0.25, 0.3) is 0 Å². The molecule has 1 aliphatic heterocycles. The van der Waals surface area contributed by atoms with Crippen molar-refractivity contribution in [3.05, 3.63) is 88.0 Å². The Morgan fingerprint density at radius 3 is 2.39 bits per heavy atom. The molecule has 188 valence electrons. The van der Waals surface area contributed by atoms with Crippen LogP contribution in [-0.2, 0) is 14.3 Å². The van der Waals surface area contributed by atoms with Gasteiger partial charge >= 0.3 is 5.97 Å². The molecule has 0 bridgehead atoms. The number of ether oxygens (including phenoxy) is 1. The lowest BCUT2D eigenvalue weighted by Crippen LogP contribution is -2.37. The number of benzene rings is 2. The second-order valence-electron chi connectivity index (χ2n) is 10.3. The van der Waals surface area contributed by atoms with Gasteiger partial charge in [-0.3, -0.25) is 4.79 Å². The number of Topliss-reactive ketones (excluding diaryl/α,β-unsaturated/α-hetero) is 1. The third kappa shape index (κ3) is 4.57. The van der Waals surface area contributed by atoms with E-state index in [0.717, 1.165) is 42.6 Å². The van der Waals surface area contributed by atoms with Gasteiger partial charge in [0.15, 0.2) is 5.78 Å². The Morgan fingerprint density at radius 2 is 1.72 bits per heavy atom. The lowest BCUT2D eigenvalue weighted by Gasteiger charge is -2.37. The van der Waals surface area contributed by atoms with Crippen molar-refractivity contribution in [1.29, 1.82) is 0 Å². The third-order valence-corrected chi connectivity index (χ3v) is 7.72. The molecule has 2 aliphatic carbocycles. The van der Waals surface area contributed by atoms with Crippen LogP contribution in [0.15, 0.2) is 71.1 Å². The molecule has 36 heavy (non-hydrogen) atoms. The molecule has 5 nitrogen and oxygen atoms in total. The summed E-state index contributed by atoms with van der Waals surface area (Å²) in [6.07, 6.45) is 4.58. The van der Waals surface area contributed by atoms with E-state index in [9.17, 15) is 9.59 Å². The maximum absolute atomic E-state index is 15.1. The highest BCUT2D eigenvalue weighted by Crippen LogP contribution is 2.46. The fraction of sp³-hybridized carbons (Fsp3) is 0.400. The van der Waals surface area contributed by atoms with Crippen molar-refractivity contribution < 1.29 is 18.7 Å². The van der Waals surface area contributed by atoms with Crippen LogP contribution in [0.5, 0.6) is 0 Å². The van der Waals surface area contributed by atoms with Crippen LogP contribution in [0.4, 0.5) is 10.1 Å². The number of anilines is 1. The highest BCUT2D eigenvalue weighted by Gasteiger charge is 2.42. The molecule has 2 atom stereocenters. The molecule has 1 fully saturated rings. The molecular formula is C30H33FN2O3. The molecule has 0 unspecified atom stereocenters. The average Bonchev–Trinajstić information content (AvgIpc) is 3.36. The number of esters is 1. The van der Waals surface area contributed by atoms with Gasteiger partial charge in [-0.15, -0.1) is 0 Å². The van der Waals surface area contributed by atoms with Crippen molar-refractivity contribution in [1.82, 2.24) is 5.32 Å². The number of halogens is 1. The molecule has 0 spiro atoms. The lowest BCUT2D eigenvalue weighted by molar-refractivity contribution is -0.144. The van der Waals surface area contributed by atoms with Gasteiger partial charge in [-0.1, -0.05) is 30.3 Å². The van der Waals surface area contributed by atoms with E-state index < -0.39 is 17.7 Å². The first-order valence-corrected chi connectivity index (χ1v) is 12.8. The molecule has 0 saturated heterocycles. The van der Waals surface area contributed by atoms with Gasteiger partial charge in [0.25, 0.3) is 0 Å².